The summed E-state index contributed by atoms with van der Waals surface area (Å²) >= 11 is 0. The normalized spacial score (nSPS) is 14.5. The van der Waals surface area contributed by atoms with Gasteiger partial charge in [-0.1, -0.05) is 30.3 Å². The van der Waals surface area contributed by atoms with Crippen LogP contribution in [0, 0.1) is 26.6 Å². The highest BCUT2D eigenvalue weighted by atomic mass is 19.1. The van der Waals surface area contributed by atoms with Gasteiger partial charge in [-0.05, 0) is 128 Å². The maximum Gasteiger partial charge on any atom is 0.234 e. The molecule has 4 aromatic carbocycles. The lowest BCUT2D eigenvalue weighted by Crippen LogP contribution is -2.57. The number of H-pyrrole nitrogens is 2. The van der Waals surface area contributed by atoms with Crippen molar-refractivity contribution in [1.29, 1.82) is 0 Å². The minimum absolute atomic E-state index is 0.0142. The zero-order valence-electron chi connectivity index (χ0n) is 31.3. The van der Waals surface area contributed by atoms with Crippen LogP contribution in [0.1, 0.15) is 66.0 Å². The highest BCUT2D eigenvalue weighted by molar-refractivity contribution is 5.88. The van der Waals surface area contributed by atoms with Crippen LogP contribution >= 0.6 is 0 Å². The molecule has 2 aromatic heterocycles. The summed E-state index contributed by atoms with van der Waals surface area (Å²) in [6.45, 7) is 12.0. The standard InChI is InChI=1S/C44H49FN6O2/c1-28-20-33(21-29(2)30(28)3)26-49(31(4)52)27-39(22-35-24-46-43-9-7-6-8-40(35)43)51(32(5)53)50-18-16-34(17-19-50)42-25-47-44-15-14-38(23-41(42)44)48-37-12-10-36(45)11-13-37/h6-15,20-21,23-25,34,39,46-48H,16-19,22,26-27H2,1-5H3/t39-/m1/s1. The molecule has 1 aliphatic heterocycles. The van der Waals surface area contributed by atoms with Crippen molar-refractivity contribution in [3.05, 3.63) is 130 Å². The van der Waals surface area contributed by atoms with Crippen molar-refractivity contribution in [3.8, 4) is 0 Å². The molecule has 1 aliphatic rings. The molecule has 0 radical (unpaired) electrons. The van der Waals surface area contributed by atoms with E-state index in [9.17, 15) is 14.0 Å². The van der Waals surface area contributed by atoms with Crippen molar-refractivity contribution in [3.63, 3.8) is 0 Å². The van der Waals surface area contributed by atoms with Gasteiger partial charge in [-0.3, -0.25) is 14.6 Å². The zero-order chi connectivity index (χ0) is 37.2. The summed E-state index contributed by atoms with van der Waals surface area (Å²) in [5.41, 5.74) is 11.1. The molecule has 0 unspecified atom stereocenters. The van der Waals surface area contributed by atoms with Crippen molar-refractivity contribution in [2.75, 3.05) is 25.0 Å². The third-order valence-electron chi connectivity index (χ3n) is 11.1. The first kappa shape index (κ1) is 36.0. The number of nitrogens with zero attached hydrogens (tertiary/aromatic N) is 3. The lowest BCUT2D eigenvalue weighted by atomic mass is 9.89. The first-order valence-electron chi connectivity index (χ1n) is 18.6. The highest BCUT2D eigenvalue weighted by Gasteiger charge is 2.34. The molecule has 9 heteroatoms. The van der Waals surface area contributed by atoms with Gasteiger partial charge in [-0.2, -0.15) is 0 Å². The van der Waals surface area contributed by atoms with Gasteiger partial charge in [0.05, 0.1) is 6.04 Å². The summed E-state index contributed by atoms with van der Waals surface area (Å²) in [7, 11) is 0. The Hall–Kier alpha value is -5.41. The Kier molecular flexibility index (Phi) is 10.4. The van der Waals surface area contributed by atoms with Crippen LogP contribution < -0.4 is 5.32 Å². The molecule has 0 aliphatic carbocycles. The number of carbonyl (C=O) groups excluding carboxylic acids is 2. The molecular formula is C44H49FN6O2. The summed E-state index contributed by atoms with van der Waals surface area (Å²) in [5, 5.41) is 9.85. The van der Waals surface area contributed by atoms with Crippen LogP contribution in [-0.2, 0) is 22.6 Å². The Balaban J connectivity index is 1.13. The first-order chi connectivity index (χ1) is 25.5. The van der Waals surface area contributed by atoms with Crippen molar-refractivity contribution >= 4 is 45.0 Å². The van der Waals surface area contributed by atoms with Gasteiger partial charge in [0.15, 0.2) is 0 Å². The number of aromatic nitrogens is 2. The van der Waals surface area contributed by atoms with Gasteiger partial charge in [-0.15, -0.1) is 0 Å². The predicted octanol–water partition coefficient (Wildman–Crippen LogP) is 9.06. The topological polar surface area (TPSA) is 87.5 Å². The molecule has 0 saturated carbocycles. The number of amides is 2. The summed E-state index contributed by atoms with van der Waals surface area (Å²) < 4.78 is 13.5. The number of fused-ring (bicyclic) bond motifs is 2. The number of rotatable bonds is 11. The Bertz CT molecular complexity index is 2220. The van der Waals surface area contributed by atoms with Gasteiger partial charge >= 0.3 is 0 Å². The Morgan fingerprint density at radius 1 is 0.830 bits per heavy atom. The van der Waals surface area contributed by atoms with E-state index in [1.54, 1.807) is 26.0 Å². The number of halogens is 1. The molecular weight excluding hydrogens is 664 g/mol. The zero-order valence-corrected chi connectivity index (χ0v) is 31.3. The molecule has 53 heavy (non-hydrogen) atoms. The second-order valence-corrected chi connectivity index (χ2v) is 14.7. The van der Waals surface area contributed by atoms with E-state index in [0.717, 1.165) is 57.1 Å². The molecule has 0 bridgehead atoms. The highest BCUT2D eigenvalue weighted by Crippen LogP contribution is 2.36. The number of benzene rings is 4. The number of piperidine rings is 1. The van der Waals surface area contributed by atoms with E-state index < -0.39 is 0 Å². The minimum Gasteiger partial charge on any atom is -0.361 e. The van der Waals surface area contributed by atoms with Gasteiger partial charge in [0.1, 0.15) is 5.82 Å². The average molecular weight is 713 g/mol. The SMILES string of the molecule is CC(=O)N(Cc1cc(C)c(C)c(C)c1)C[C@@H](Cc1c[nH]c2ccccc12)N(C(C)=O)N1CCC(c2c[nH]c3ccc(Nc4ccc(F)cc4)cc23)CC1. The second kappa shape index (κ2) is 15.3. The smallest absolute Gasteiger partial charge is 0.234 e. The number of para-hydroxylation sites is 1. The van der Waals surface area contributed by atoms with Crippen molar-refractivity contribution < 1.29 is 14.0 Å². The van der Waals surface area contributed by atoms with E-state index in [2.05, 4.69) is 83.7 Å². The second-order valence-electron chi connectivity index (χ2n) is 14.7. The molecule has 0 spiro atoms. The number of aromatic amines is 2. The number of hydrogen-bond donors (Lipinski definition) is 3. The van der Waals surface area contributed by atoms with Crippen LogP contribution in [0.25, 0.3) is 21.8 Å². The Morgan fingerprint density at radius 2 is 1.49 bits per heavy atom. The van der Waals surface area contributed by atoms with Crippen molar-refractivity contribution in [2.24, 2.45) is 0 Å². The maximum atomic E-state index is 13.7. The van der Waals surface area contributed by atoms with Gasteiger partial charge in [0.25, 0.3) is 0 Å². The molecule has 274 valence electrons. The van der Waals surface area contributed by atoms with E-state index >= 15 is 0 Å². The van der Waals surface area contributed by atoms with E-state index in [-0.39, 0.29) is 23.7 Å². The summed E-state index contributed by atoms with van der Waals surface area (Å²) in [4.78, 5) is 35.8. The van der Waals surface area contributed by atoms with E-state index in [4.69, 9.17) is 0 Å². The fourth-order valence-corrected chi connectivity index (χ4v) is 8.12. The van der Waals surface area contributed by atoms with E-state index in [0.29, 0.717) is 38.5 Å². The third kappa shape index (κ3) is 7.86. The number of nitrogens with one attached hydrogen (secondary N) is 3. The fraction of sp³-hybridized carbons (Fsp3) is 0.318. The Morgan fingerprint density at radius 3 is 2.19 bits per heavy atom. The van der Waals surface area contributed by atoms with E-state index in [1.807, 2.05) is 34.3 Å². The van der Waals surface area contributed by atoms with Crippen molar-refractivity contribution in [2.45, 2.75) is 72.4 Å². The number of anilines is 2. The molecule has 8 nitrogen and oxygen atoms in total. The largest absolute Gasteiger partial charge is 0.361 e. The van der Waals surface area contributed by atoms with Crippen LogP contribution in [0.5, 0.6) is 0 Å². The summed E-state index contributed by atoms with van der Waals surface area (Å²) in [6.07, 6.45) is 6.53. The molecule has 2 amide bonds. The van der Waals surface area contributed by atoms with Crippen molar-refractivity contribution in [1.82, 2.24) is 24.9 Å². The quantitative estimate of drug-likeness (QED) is 0.125. The van der Waals surface area contributed by atoms with Gasteiger partial charge in [-0.25, -0.2) is 9.40 Å². The third-order valence-corrected chi connectivity index (χ3v) is 11.1. The molecule has 3 heterocycles. The monoisotopic (exact) mass is 712 g/mol. The van der Waals surface area contributed by atoms with Crippen LogP contribution in [0.15, 0.2) is 91.3 Å². The molecule has 1 atom stereocenters. The lowest BCUT2D eigenvalue weighted by molar-refractivity contribution is -0.158. The van der Waals surface area contributed by atoms with Crippen LogP contribution in [0.4, 0.5) is 15.8 Å². The van der Waals surface area contributed by atoms with Gasteiger partial charge < -0.3 is 20.2 Å². The molecule has 1 saturated heterocycles. The minimum atomic E-state index is -0.270. The summed E-state index contributed by atoms with van der Waals surface area (Å²) in [5.74, 6) is 0.00667. The fourth-order valence-electron chi connectivity index (χ4n) is 8.12. The Labute approximate surface area is 311 Å². The number of aryl methyl sites for hydroxylation is 2. The lowest BCUT2D eigenvalue weighted by Gasteiger charge is -2.44. The number of carbonyl (C=O) groups is 2. The first-order valence-corrected chi connectivity index (χ1v) is 18.6. The van der Waals surface area contributed by atoms with Crippen LogP contribution in [0.3, 0.4) is 0 Å². The van der Waals surface area contributed by atoms with Crippen LogP contribution in [0.2, 0.25) is 0 Å². The molecule has 7 rings (SSSR count). The average Bonchev–Trinajstić information content (AvgIpc) is 3.75. The number of hydrogen-bond acceptors (Lipinski definition) is 4. The van der Waals surface area contributed by atoms with E-state index in [1.165, 1.54) is 34.4 Å². The van der Waals surface area contributed by atoms with Gasteiger partial charge in [0.2, 0.25) is 11.8 Å². The maximum absolute atomic E-state index is 13.7. The number of hydrazine groups is 1. The van der Waals surface area contributed by atoms with Gasteiger partial charge in [0, 0.05) is 85.6 Å². The molecule has 1 fully saturated rings. The molecule has 6 aromatic rings. The molecule has 3 N–H and O–H groups in total. The van der Waals surface area contributed by atoms with Crippen LogP contribution in [-0.4, -0.2) is 62.4 Å². The predicted molar refractivity (Wildman–Crippen MR) is 212 cm³/mol. The summed E-state index contributed by atoms with van der Waals surface area (Å²) in [6, 6.07) is 25.0.